The number of hydrogen-bond acceptors (Lipinski definition) is 20. The first-order valence-electron chi connectivity index (χ1n) is 32.6. The van der Waals surface area contributed by atoms with E-state index in [-0.39, 0.29) is 35.4 Å². The van der Waals surface area contributed by atoms with Crippen LogP contribution in [0.25, 0.3) is 50.3 Å². The number of aryl methyl sites for hydroxylation is 1. The van der Waals surface area contributed by atoms with E-state index in [4.69, 9.17) is 32.2 Å². The van der Waals surface area contributed by atoms with Gasteiger partial charge in [-0.05, 0) is 104 Å². The lowest BCUT2D eigenvalue weighted by Crippen LogP contribution is -2.30. The molecule has 3 saturated heterocycles. The molecule has 11 heterocycles. The highest BCUT2D eigenvalue weighted by atomic mass is 16.2. The molecule has 8 aromatic heterocycles. The van der Waals surface area contributed by atoms with Crippen molar-refractivity contribution in [3.8, 4) is 33.8 Å². The van der Waals surface area contributed by atoms with Gasteiger partial charge in [0.1, 0.15) is 62.7 Å². The van der Waals surface area contributed by atoms with Crippen LogP contribution < -0.4 is 47.9 Å². The maximum Gasteiger partial charge on any atom is 0.257 e. The number of imidazole rings is 3. The molecule has 0 aliphatic carbocycles. The standard InChI is InChI=1S/C25H24N8O2.C25H23N7O2.C24H22N8O2/c1-3-20(34)31-12-13-32(15-31)25-30-21(22-23(26)28-10-11-33(22)25)17-7-8-18(16(2)14-17)24(35)29-19-6-4-5-9-27-19;1-2-20(33)30-14-15-31(16-30)25-29-21(22-23(26)27-12-13-32(22)25)17-8-10-18(11-9-17)24(34)28-19-6-4-3-5-7-19;1-2-19(33)30-13-14-31(15-30)24-29-20(21-22(25)27-11-12-32(21)24)16-6-8-17(9-7-16)23(34)28-18-5-3-4-10-26-18/h3-11,14H,1,12-13,15H2,2H3,(H2,26,28)(H,27,29,35);2-13H,1,14-16H2,(H2,26,27)(H,28,34);2-12H,1,13-15H2,(H2,25,27)(H,26,28,34). The van der Waals surface area contributed by atoms with Gasteiger partial charge in [0.25, 0.3) is 17.7 Å². The topological polar surface area (TPSA) is 352 Å². The smallest absolute Gasteiger partial charge is 0.257 e. The molecule has 0 saturated carbocycles. The molecule has 0 spiro atoms. The number of carbonyl (C=O) groups excluding carboxylic acids is 6. The summed E-state index contributed by atoms with van der Waals surface area (Å²) in [6.07, 6.45) is 17.4. The van der Waals surface area contributed by atoms with E-state index in [9.17, 15) is 28.8 Å². The number of benzene rings is 4. The zero-order chi connectivity index (χ0) is 71.8. The number of para-hydroxylation sites is 1. The van der Waals surface area contributed by atoms with Crippen LogP contribution in [0.1, 0.15) is 36.6 Å². The number of aromatic nitrogens is 11. The van der Waals surface area contributed by atoms with Crippen molar-refractivity contribution < 1.29 is 28.8 Å². The second-order valence-electron chi connectivity index (χ2n) is 23.8. The Morgan fingerprint density at radius 1 is 0.408 bits per heavy atom. The number of nitrogen functional groups attached to an aromatic ring is 3. The minimum atomic E-state index is -0.258. The lowest BCUT2D eigenvalue weighted by molar-refractivity contribution is -0.125. The molecule has 29 nitrogen and oxygen atoms in total. The molecule has 12 aromatic rings. The van der Waals surface area contributed by atoms with Gasteiger partial charge in [-0.3, -0.25) is 42.0 Å². The average molecular weight is 1380 g/mol. The van der Waals surface area contributed by atoms with Gasteiger partial charge in [-0.25, -0.2) is 39.9 Å². The van der Waals surface area contributed by atoms with E-state index < -0.39 is 0 Å². The highest BCUT2D eigenvalue weighted by Crippen LogP contribution is 2.36. The SMILES string of the molecule is C=CC(=O)N1CCN(c2nc(-c3ccc(C(=O)Nc4ccccc4)cc3)c3c(N)nccn23)C1.C=CC(=O)N1CCN(c2nc(-c3ccc(C(=O)Nc4ccccn4)c(C)c3)c3c(N)nccn23)C1.C=CC(=O)N1CCN(c2nc(-c3ccc(C(=O)Nc4ccccn4)cc3)c3c(N)nccn23)C1. The lowest BCUT2D eigenvalue weighted by Gasteiger charge is -2.17. The van der Waals surface area contributed by atoms with Crippen LogP contribution in [0.3, 0.4) is 0 Å². The first-order valence-corrected chi connectivity index (χ1v) is 32.6. The van der Waals surface area contributed by atoms with Crippen molar-refractivity contribution >= 4 is 105 Å². The van der Waals surface area contributed by atoms with Gasteiger partial charge in [0.15, 0.2) is 0 Å². The molecular formula is C74H69N23O6. The molecule has 3 fully saturated rings. The van der Waals surface area contributed by atoms with Crippen molar-refractivity contribution in [1.82, 2.24) is 67.8 Å². The van der Waals surface area contributed by atoms with Crippen LogP contribution in [0, 0.1) is 6.92 Å². The number of pyridine rings is 2. The Hall–Kier alpha value is -14.1. The summed E-state index contributed by atoms with van der Waals surface area (Å²) >= 11 is 0. The molecule has 103 heavy (non-hydrogen) atoms. The number of amides is 6. The van der Waals surface area contributed by atoms with Gasteiger partial charge in [0, 0.05) is 128 Å². The van der Waals surface area contributed by atoms with Crippen LogP contribution in [0.2, 0.25) is 0 Å². The molecule has 0 radical (unpaired) electrons. The molecule has 9 N–H and O–H groups in total. The number of hydrogen-bond donors (Lipinski definition) is 6. The third-order valence-electron chi connectivity index (χ3n) is 17.4. The van der Waals surface area contributed by atoms with E-state index in [0.717, 1.165) is 27.9 Å². The predicted octanol–water partition coefficient (Wildman–Crippen LogP) is 8.17. The molecule has 29 heteroatoms. The molecule has 3 aliphatic rings. The third kappa shape index (κ3) is 14.2. The molecule has 0 bridgehead atoms. The van der Waals surface area contributed by atoms with E-state index in [0.29, 0.717) is 157 Å². The van der Waals surface area contributed by atoms with Crippen molar-refractivity contribution in [3.63, 3.8) is 0 Å². The quantitative estimate of drug-likeness (QED) is 0.0527. The number of nitrogens with zero attached hydrogens (tertiary/aromatic N) is 17. The molecule has 15 rings (SSSR count). The third-order valence-corrected chi connectivity index (χ3v) is 17.4. The van der Waals surface area contributed by atoms with E-state index in [1.807, 2.05) is 108 Å². The maximum absolute atomic E-state index is 12.8. The van der Waals surface area contributed by atoms with Crippen molar-refractivity contribution in [2.45, 2.75) is 6.92 Å². The molecule has 4 aromatic carbocycles. The summed E-state index contributed by atoms with van der Waals surface area (Å²) in [5.41, 5.74) is 28.1. The predicted molar refractivity (Wildman–Crippen MR) is 394 cm³/mol. The van der Waals surface area contributed by atoms with Crippen LogP contribution in [0.5, 0.6) is 0 Å². The van der Waals surface area contributed by atoms with E-state index in [2.05, 4.69) is 60.6 Å². The minimum Gasteiger partial charge on any atom is -0.382 e. The summed E-state index contributed by atoms with van der Waals surface area (Å²) in [5, 5.41) is 8.46. The van der Waals surface area contributed by atoms with E-state index in [1.54, 1.807) is 125 Å². The molecule has 6 amide bonds. The zero-order valence-corrected chi connectivity index (χ0v) is 55.8. The number of carbonyl (C=O) groups is 6. The van der Waals surface area contributed by atoms with Gasteiger partial charge in [-0.2, -0.15) is 0 Å². The Morgan fingerprint density at radius 3 is 1.16 bits per heavy atom. The fraction of sp³-hybridized carbons (Fsp3) is 0.135. The van der Waals surface area contributed by atoms with Gasteiger partial charge < -0.3 is 62.6 Å². The normalized spacial score (nSPS) is 13.3. The highest BCUT2D eigenvalue weighted by molar-refractivity contribution is 6.07. The Morgan fingerprint density at radius 2 is 0.777 bits per heavy atom. The van der Waals surface area contributed by atoms with Crippen LogP contribution >= 0.6 is 0 Å². The van der Waals surface area contributed by atoms with Crippen LogP contribution in [-0.2, 0) is 14.4 Å². The first kappa shape index (κ1) is 67.4. The Bertz CT molecular complexity index is 5030. The molecule has 516 valence electrons. The Balaban J connectivity index is 0.000000138. The van der Waals surface area contributed by atoms with Gasteiger partial charge in [0.2, 0.25) is 35.6 Å². The van der Waals surface area contributed by atoms with E-state index in [1.165, 1.54) is 18.2 Å². The minimum absolute atomic E-state index is 0.117. The summed E-state index contributed by atoms with van der Waals surface area (Å²) in [7, 11) is 0. The molecule has 3 aliphatic heterocycles. The summed E-state index contributed by atoms with van der Waals surface area (Å²) < 4.78 is 5.65. The Labute approximate surface area is 589 Å². The van der Waals surface area contributed by atoms with Gasteiger partial charge >= 0.3 is 0 Å². The van der Waals surface area contributed by atoms with E-state index >= 15 is 0 Å². The van der Waals surface area contributed by atoms with Gasteiger partial charge in [-0.15, -0.1) is 0 Å². The number of fused-ring (bicyclic) bond motifs is 3. The number of nitrogens with two attached hydrogens (primary N) is 3. The summed E-state index contributed by atoms with van der Waals surface area (Å²) in [4.78, 5) is 121. The van der Waals surface area contributed by atoms with Crippen LogP contribution in [0.15, 0.2) is 221 Å². The van der Waals surface area contributed by atoms with Gasteiger partial charge in [0.05, 0.1) is 20.0 Å². The second kappa shape index (κ2) is 29.5. The lowest BCUT2D eigenvalue weighted by atomic mass is 10.0. The van der Waals surface area contributed by atoms with Gasteiger partial charge in [-0.1, -0.05) is 80.4 Å². The number of nitrogens with one attached hydrogen (secondary N) is 3. The molecule has 0 unspecified atom stereocenters. The van der Waals surface area contributed by atoms with Crippen LogP contribution in [0.4, 0.5) is 52.6 Å². The number of rotatable bonds is 15. The van der Waals surface area contributed by atoms with Crippen molar-refractivity contribution in [2.24, 2.45) is 0 Å². The van der Waals surface area contributed by atoms with Crippen LogP contribution in [-0.4, -0.2) is 162 Å². The summed E-state index contributed by atoms with van der Waals surface area (Å²) in [6.45, 7) is 17.4. The molecule has 0 atom stereocenters. The van der Waals surface area contributed by atoms with Crippen molar-refractivity contribution in [1.29, 1.82) is 0 Å². The first-order chi connectivity index (χ1) is 50.0. The summed E-state index contributed by atoms with van der Waals surface area (Å²) in [6, 6.07) is 39.8. The monoisotopic (exact) mass is 1380 g/mol. The second-order valence-corrected chi connectivity index (χ2v) is 23.8. The van der Waals surface area contributed by atoms with Crippen molar-refractivity contribution in [3.05, 3.63) is 243 Å². The summed E-state index contributed by atoms with van der Waals surface area (Å²) in [5.74, 6) is 2.94. The fourth-order valence-electron chi connectivity index (χ4n) is 12.2. The van der Waals surface area contributed by atoms with Crippen molar-refractivity contribution in [2.75, 3.05) is 107 Å². The Kier molecular flexibility index (Phi) is 19.3. The maximum atomic E-state index is 12.8. The number of anilines is 9. The molecular weight excluding hydrogens is 1310 g/mol. The highest BCUT2D eigenvalue weighted by Gasteiger charge is 2.32. The fourth-order valence-corrected chi connectivity index (χ4v) is 12.2. The largest absolute Gasteiger partial charge is 0.382 e. The average Bonchev–Trinajstić information content (AvgIpc) is 1.62. The zero-order valence-electron chi connectivity index (χ0n) is 55.8.